The summed E-state index contributed by atoms with van der Waals surface area (Å²) in [7, 11) is 0. The van der Waals surface area contributed by atoms with E-state index in [0.29, 0.717) is 24.4 Å². The maximum Gasteiger partial charge on any atom is 0.200 e. The summed E-state index contributed by atoms with van der Waals surface area (Å²) in [5, 5.41) is 9.72. The molecule has 0 spiro atoms. The molecule has 2 atom stereocenters. The van der Waals surface area contributed by atoms with Crippen LogP contribution < -0.4 is 0 Å². The average molecular weight is 306 g/mol. The fourth-order valence-electron chi connectivity index (χ4n) is 2.83. The van der Waals surface area contributed by atoms with E-state index < -0.39 is 0 Å². The third-order valence-electron chi connectivity index (χ3n) is 3.87. The summed E-state index contributed by atoms with van der Waals surface area (Å²) in [4.78, 5) is 4.18. The molecular weight excluding hydrogens is 288 g/mol. The van der Waals surface area contributed by atoms with Gasteiger partial charge in [-0.3, -0.25) is 4.98 Å². The summed E-state index contributed by atoms with van der Waals surface area (Å²) in [6.45, 7) is 2.50. The number of ether oxygens (including phenoxy) is 2. The molecule has 0 saturated heterocycles. The van der Waals surface area contributed by atoms with Gasteiger partial charge >= 0.3 is 0 Å². The van der Waals surface area contributed by atoms with Crippen LogP contribution in [0.5, 0.6) is 0 Å². The monoisotopic (exact) mass is 306 g/mol. The number of hydrogen-bond donors (Lipinski definition) is 0. The molecule has 3 rings (SSSR count). The van der Waals surface area contributed by atoms with Crippen LogP contribution in [0.3, 0.4) is 0 Å². The highest BCUT2D eigenvalue weighted by Crippen LogP contribution is 2.40. The van der Waals surface area contributed by atoms with Crippen LogP contribution in [-0.4, -0.2) is 17.9 Å². The predicted molar refractivity (Wildman–Crippen MR) is 87.1 cm³/mol. The van der Waals surface area contributed by atoms with Crippen molar-refractivity contribution in [2.45, 2.75) is 25.6 Å². The van der Waals surface area contributed by atoms with Crippen molar-refractivity contribution < 1.29 is 9.47 Å². The van der Waals surface area contributed by atoms with Crippen molar-refractivity contribution in [3.63, 3.8) is 0 Å². The van der Waals surface area contributed by atoms with Crippen molar-refractivity contribution in [2.24, 2.45) is 0 Å². The Morgan fingerprint density at radius 3 is 2.74 bits per heavy atom. The SMILES string of the molecule is CCO[C@H]1C[C@H](c2cccnc2)C(C#N)=C(c2ccccc2)O1. The highest BCUT2D eigenvalue weighted by molar-refractivity contribution is 5.69. The standard InChI is InChI=1S/C19H18N2O2/c1-2-22-18-11-16(15-9-6-10-21-13-15)17(12-20)19(23-18)14-7-4-3-5-8-14/h3-10,13,16,18H,2,11H2,1H3/t16-,18-/m1/s1. The second-order valence-corrected chi connectivity index (χ2v) is 5.30. The van der Waals surface area contributed by atoms with Gasteiger partial charge in [0.2, 0.25) is 6.29 Å². The fourth-order valence-corrected chi connectivity index (χ4v) is 2.83. The molecule has 1 aliphatic heterocycles. The minimum absolute atomic E-state index is 0.0748. The van der Waals surface area contributed by atoms with E-state index in [4.69, 9.17) is 9.47 Å². The van der Waals surface area contributed by atoms with Gasteiger partial charge in [-0.2, -0.15) is 5.26 Å². The molecule has 0 saturated carbocycles. The summed E-state index contributed by atoms with van der Waals surface area (Å²) in [6.07, 6.45) is 3.78. The number of nitriles is 1. The van der Waals surface area contributed by atoms with Crippen molar-refractivity contribution in [3.8, 4) is 6.07 Å². The molecule has 4 heteroatoms. The van der Waals surface area contributed by atoms with E-state index in [-0.39, 0.29) is 12.2 Å². The van der Waals surface area contributed by atoms with Crippen LogP contribution in [0.2, 0.25) is 0 Å². The molecule has 0 unspecified atom stereocenters. The lowest BCUT2D eigenvalue weighted by molar-refractivity contribution is -0.105. The number of pyridine rings is 1. The molecule has 0 fully saturated rings. The van der Waals surface area contributed by atoms with Crippen LogP contribution in [0.25, 0.3) is 5.76 Å². The van der Waals surface area contributed by atoms with Crippen LogP contribution in [-0.2, 0) is 9.47 Å². The number of allylic oxidation sites excluding steroid dienone is 1. The summed E-state index contributed by atoms with van der Waals surface area (Å²) in [5.41, 5.74) is 2.52. The molecule has 23 heavy (non-hydrogen) atoms. The van der Waals surface area contributed by atoms with Crippen LogP contribution in [0.1, 0.15) is 30.4 Å². The third-order valence-corrected chi connectivity index (χ3v) is 3.87. The van der Waals surface area contributed by atoms with Crippen molar-refractivity contribution in [3.05, 3.63) is 71.6 Å². The molecule has 0 radical (unpaired) electrons. The third kappa shape index (κ3) is 3.25. The van der Waals surface area contributed by atoms with E-state index in [1.54, 1.807) is 12.4 Å². The molecule has 2 heterocycles. The molecule has 1 aromatic carbocycles. The number of rotatable bonds is 4. The van der Waals surface area contributed by atoms with Gasteiger partial charge in [-0.15, -0.1) is 0 Å². The van der Waals surface area contributed by atoms with Gasteiger partial charge in [0.15, 0.2) is 0 Å². The minimum atomic E-state index is -0.363. The minimum Gasteiger partial charge on any atom is -0.463 e. The first-order valence-corrected chi connectivity index (χ1v) is 7.71. The van der Waals surface area contributed by atoms with E-state index in [1.165, 1.54) is 0 Å². The number of hydrogen-bond acceptors (Lipinski definition) is 4. The molecular formula is C19H18N2O2. The van der Waals surface area contributed by atoms with E-state index >= 15 is 0 Å². The fraction of sp³-hybridized carbons (Fsp3) is 0.263. The van der Waals surface area contributed by atoms with Gasteiger partial charge in [-0.25, -0.2) is 0 Å². The summed E-state index contributed by atoms with van der Waals surface area (Å²) in [5.74, 6) is 0.529. The molecule has 0 bridgehead atoms. The Labute approximate surface area is 136 Å². The van der Waals surface area contributed by atoms with Gasteiger partial charge in [-0.1, -0.05) is 36.4 Å². The Kier molecular flexibility index (Phi) is 4.70. The van der Waals surface area contributed by atoms with Gasteiger partial charge < -0.3 is 9.47 Å². The van der Waals surface area contributed by atoms with E-state index in [9.17, 15) is 5.26 Å². The predicted octanol–water partition coefficient (Wildman–Crippen LogP) is 3.88. The highest BCUT2D eigenvalue weighted by Gasteiger charge is 2.33. The van der Waals surface area contributed by atoms with Crippen LogP contribution in [0.4, 0.5) is 0 Å². The Balaban J connectivity index is 2.08. The zero-order valence-electron chi connectivity index (χ0n) is 13.0. The smallest absolute Gasteiger partial charge is 0.200 e. The zero-order chi connectivity index (χ0) is 16.1. The number of aromatic nitrogens is 1. The number of benzene rings is 1. The lowest BCUT2D eigenvalue weighted by Crippen LogP contribution is -2.26. The first kappa shape index (κ1) is 15.3. The van der Waals surface area contributed by atoms with Gasteiger partial charge in [0.25, 0.3) is 0 Å². The Bertz CT molecular complexity index is 720. The lowest BCUT2D eigenvalue weighted by Gasteiger charge is -2.31. The molecule has 1 aliphatic rings. The van der Waals surface area contributed by atoms with E-state index in [1.807, 2.05) is 49.4 Å². The average Bonchev–Trinajstić information content (AvgIpc) is 2.63. The Hall–Kier alpha value is -2.64. The first-order chi connectivity index (χ1) is 11.3. The highest BCUT2D eigenvalue weighted by atomic mass is 16.7. The lowest BCUT2D eigenvalue weighted by atomic mass is 9.86. The zero-order valence-corrected chi connectivity index (χ0v) is 13.0. The number of nitrogens with zero attached hydrogens (tertiary/aromatic N) is 2. The molecule has 1 aromatic heterocycles. The Morgan fingerprint density at radius 1 is 1.26 bits per heavy atom. The van der Waals surface area contributed by atoms with Crippen LogP contribution in [0, 0.1) is 11.3 Å². The maximum absolute atomic E-state index is 9.72. The molecule has 2 aromatic rings. The van der Waals surface area contributed by atoms with Crippen molar-refractivity contribution >= 4 is 5.76 Å². The summed E-state index contributed by atoms with van der Waals surface area (Å²) < 4.78 is 11.7. The van der Waals surface area contributed by atoms with Crippen molar-refractivity contribution in [1.82, 2.24) is 4.98 Å². The second kappa shape index (κ2) is 7.08. The van der Waals surface area contributed by atoms with Gasteiger partial charge in [0.05, 0.1) is 11.6 Å². The first-order valence-electron chi connectivity index (χ1n) is 7.71. The topological polar surface area (TPSA) is 55.1 Å². The van der Waals surface area contributed by atoms with Crippen molar-refractivity contribution in [2.75, 3.05) is 6.61 Å². The quantitative estimate of drug-likeness (QED) is 0.860. The van der Waals surface area contributed by atoms with Gasteiger partial charge in [0, 0.05) is 36.9 Å². The normalized spacial score (nSPS) is 20.7. The molecule has 116 valence electrons. The largest absolute Gasteiger partial charge is 0.463 e. The molecule has 4 nitrogen and oxygen atoms in total. The van der Waals surface area contributed by atoms with Crippen LogP contribution in [0.15, 0.2) is 60.4 Å². The van der Waals surface area contributed by atoms with E-state index in [0.717, 1.165) is 11.1 Å². The second-order valence-electron chi connectivity index (χ2n) is 5.30. The van der Waals surface area contributed by atoms with Crippen LogP contribution >= 0.6 is 0 Å². The maximum atomic E-state index is 9.72. The Morgan fingerprint density at radius 2 is 2.09 bits per heavy atom. The van der Waals surface area contributed by atoms with Crippen molar-refractivity contribution in [1.29, 1.82) is 5.26 Å². The van der Waals surface area contributed by atoms with E-state index in [2.05, 4.69) is 11.1 Å². The van der Waals surface area contributed by atoms with Gasteiger partial charge in [-0.05, 0) is 18.6 Å². The molecule has 0 aliphatic carbocycles. The molecule has 0 amide bonds. The molecule has 0 N–H and O–H groups in total. The van der Waals surface area contributed by atoms with Gasteiger partial charge in [0.1, 0.15) is 5.76 Å². The summed E-state index contributed by atoms with van der Waals surface area (Å²) >= 11 is 0. The summed E-state index contributed by atoms with van der Waals surface area (Å²) in [6, 6.07) is 15.9.